The second kappa shape index (κ2) is 4.96. The molecule has 1 aliphatic rings. The summed E-state index contributed by atoms with van der Waals surface area (Å²) in [5, 5.41) is 4.09. The van der Waals surface area contributed by atoms with Crippen LogP contribution in [0.4, 0.5) is 0 Å². The molecular weight excluding hydrogens is 268 g/mol. The fraction of sp³-hybridized carbons (Fsp3) is 0.400. The van der Waals surface area contributed by atoms with Crippen molar-refractivity contribution in [1.82, 2.24) is 19.5 Å². The Bertz CT molecular complexity index is 771. The van der Waals surface area contributed by atoms with Gasteiger partial charge < -0.3 is 13.7 Å². The van der Waals surface area contributed by atoms with Crippen molar-refractivity contribution in [3.05, 3.63) is 47.5 Å². The molecule has 21 heavy (non-hydrogen) atoms. The zero-order valence-corrected chi connectivity index (χ0v) is 11.8. The van der Waals surface area contributed by atoms with Crippen molar-refractivity contribution >= 4 is 5.65 Å². The molecule has 1 atom stereocenters. The number of rotatable bonds is 3. The van der Waals surface area contributed by atoms with Crippen LogP contribution in [0.2, 0.25) is 0 Å². The Hall–Kier alpha value is -2.21. The van der Waals surface area contributed by atoms with Gasteiger partial charge in [-0.1, -0.05) is 11.2 Å². The summed E-state index contributed by atoms with van der Waals surface area (Å²) in [5.74, 6) is 1.66. The number of imidazole rings is 1. The summed E-state index contributed by atoms with van der Waals surface area (Å²) < 4.78 is 12.8. The molecule has 1 unspecified atom stereocenters. The van der Waals surface area contributed by atoms with Crippen LogP contribution in [-0.4, -0.2) is 32.7 Å². The van der Waals surface area contributed by atoms with Gasteiger partial charge in [0, 0.05) is 18.7 Å². The first-order valence-corrected chi connectivity index (χ1v) is 7.14. The molecule has 0 aliphatic carbocycles. The number of hydrogen-bond donors (Lipinski definition) is 0. The van der Waals surface area contributed by atoms with Gasteiger partial charge in [0.25, 0.3) is 0 Å². The van der Waals surface area contributed by atoms with Crippen LogP contribution in [0.25, 0.3) is 5.65 Å². The second-order valence-corrected chi connectivity index (χ2v) is 5.36. The maximum atomic E-state index is 5.40. The lowest BCUT2D eigenvalue weighted by atomic mass is 10.1. The van der Waals surface area contributed by atoms with E-state index in [1.807, 2.05) is 31.3 Å². The number of pyridine rings is 1. The minimum Gasteiger partial charge on any atom is -0.381 e. The van der Waals surface area contributed by atoms with Crippen molar-refractivity contribution in [2.24, 2.45) is 0 Å². The third-order valence-electron chi connectivity index (χ3n) is 3.93. The van der Waals surface area contributed by atoms with Crippen molar-refractivity contribution in [2.75, 3.05) is 13.2 Å². The molecule has 1 saturated heterocycles. The number of ether oxygens (including phenoxy) is 1. The molecule has 1 aliphatic heterocycles. The van der Waals surface area contributed by atoms with Gasteiger partial charge in [0.1, 0.15) is 5.65 Å². The van der Waals surface area contributed by atoms with Crippen molar-refractivity contribution in [3.8, 4) is 0 Å². The lowest BCUT2D eigenvalue weighted by Crippen LogP contribution is -2.01. The van der Waals surface area contributed by atoms with E-state index in [1.165, 1.54) is 0 Å². The Morgan fingerprint density at radius 1 is 1.33 bits per heavy atom. The largest absolute Gasteiger partial charge is 0.381 e. The average Bonchev–Trinajstić information content (AvgIpc) is 3.20. The lowest BCUT2D eigenvalue weighted by molar-refractivity contribution is 0.192. The number of aromatic nitrogens is 4. The molecular formula is C15H16N4O2. The third kappa shape index (κ3) is 2.21. The maximum absolute atomic E-state index is 5.40. The standard InChI is InChI=1S/C15H16N4O2/c1-10-12(19-6-3-2-4-13(19)16-10)8-14-17-15(18-21-14)11-5-7-20-9-11/h2-4,6,11H,5,7-9H2,1H3. The van der Waals surface area contributed by atoms with Gasteiger partial charge in [-0.05, 0) is 25.5 Å². The van der Waals surface area contributed by atoms with Gasteiger partial charge >= 0.3 is 0 Å². The van der Waals surface area contributed by atoms with Gasteiger partial charge in [-0.2, -0.15) is 4.98 Å². The Morgan fingerprint density at radius 2 is 2.29 bits per heavy atom. The summed E-state index contributed by atoms with van der Waals surface area (Å²) in [5.41, 5.74) is 3.02. The highest BCUT2D eigenvalue weighted by molar-refractivity contribution is 5.43. The third-order valence-corrected chi connectivity index (χ3v) is 3.93. The van der Waals surface area contributed by atoms with E-state index in [0.29, 0.717) is 18.9 Å². The van der Waals surface area contributed by atoms with E-state index in [-0.39, 0.29) is 5.92 Å². The molecule has 0 spiro atoms. The molecule has 1 fully saturated rings. The van der Waals surface area contributed by atoms with Gasteiger partial charge in [0.2, 0.25) is 5.89 Å². The summed E-state index contributed by atoms with van der Waals surface area (Å²) in [6, 6.07) is 5.97. The number of aryl methyl sites for hydroxylation is 1. The Morgan fingerprint density at radius 3 is 3.14 bits per heavy atom. The van der Waals surface area contributed by atoms with Crippen LogP contribution in [-0.2, 0) is 11.2 Å². The topological polar surface area (TPSA) is 65.5 Å². The van der Waals surface area contributed by atoms with E-state index >= 15 is 0 Å². The molecule has 4 rings (SSSR count). The Kier molecular flexibility index (Phi) is 2.96. The summed E-state index contributed by atoms with van der Waals surface area (Å²) >= 11 is 0. The molecule has 108 valence electrons. The molecule has 0 aromatic carbocycles. The highest BCUT2D eigenvalue weighted by Crippen LogP contribution is 2.23. The zero-order chi connectivity index (χ0) is 14.2. The molecule has 0 bridgehead atoms. The quantitative estimate of drug-likeness (QED) is 0.737. The van der Waals surface area contributed by atoms with Crippen LogP contribution in [0.3, 0.4) is 0 Å². The predicted octanol–water partition coefficient (Wildman–Crippen LogP) is 2.12. The zero-order valence-electron chi connectivity index (χ0n) is 11.8. The van der Waals surface area contributed by atoms with Crippen molar-refractivity contribution in [3.63, 3.8) is 0 Å². The fourth-order valence-electron chi connectivity index (χ4n) is 2.76. The highest BCUT2D eigenvalue weighted by Gasteiger charge is 2.23. The average molecular weight is 284 g/mol. The molecule has 4 heterocycles. The summed E-state index contributed by atoms with van der Waals surface area (Å²) in [6.45, 7) is 3.47. The summed E-state index contributed by atoms with van der Waals surface area (Å²) in [7, 11) is 0. The van der Waals surface area contributed by atoms with E-state index < -0.39 is 0 Å². The molecule has 0 N–H and O–H groups in total. The maximum Gasteiger partial charge on any atom is 0.232 e. The van der Waals surface area contributed by atoms with E-state index in [0.717, 1.165) is 35.9 Å². The molecule has 6 heteroatoms. The molecule has 0 saturated carbocycles. The number of nitrogens with zero attached hydrogens (tertiary/aromatic N) is 4. The van der Waals surface area contributed by atoms with E-state index in [9.17, 15) is 0 Å². The molecule has 3 aromatic heterocycles. The summed E-state index contributed by atoms with van der Waals surface area (Å²) in [6.07, 6.45) is 3.57. The highest BCUT2D eigenvalue weighted by atomic mass is 16.5. The van der Waals surface area contributed by atoms with Gasteiger partial charge in [-0.3, -0.25) is 0 Å². The molecule has 6 nitrogen and oxygen atoms in total. The number of fused-ring (bicyclic) bond motifs is 1. The van der Waals surface area contributed by atoms with Gasteiger partial charge in [-0.15, -0.1) is 0 Å². The summed E-state index contributed by atoms with van der Waals surface area (Å²) in [4.78, 5) is 9.06. The molecule has 0 amide bonds. The first-order chi connectivity index (χ1) is 10.3. The number of hydrogen-bond acceptors (Lipinski definition) is 5. The van der Waals surface area contributed by atoms with E-state index in [4.69, 9.17) is 9.26 Å². The Balaban J connectivity index is 1.64. The van der Waals surface area contributed by atoms with Crippen molar-refractivity contribution < 1.29 is 9.26 Å². The first-order valence-electron chi connectivity index (χ1n) is 7.14. The minimum atomic E-state index is 0.269. The smallest absolute Gasteiger partial charge is 0.232 e. The van der Waals surface area contributed by atoms with Gasteiger partial charge in [0.15, 0.2) is 5.82 Å². The lowest BCUT2D eigenvalue weighted by Gasteiger charge is -1.99. The van der Waals surface area contributed by atoms with E-state index in [2.05, 4.69) is 19.5 Å². The first kappa shape index (κ1) is 12.5. The van der Waals surface area contributed by atoms with Crippen molar-refractivity contribution in [1.29, 1.82) is 0 Å². The fourth-order valence-corrected chi connectivity index (χ4v) is 2.76. The minimum absolute atomic E-state index is 0.269. The van der Waals surface area contributed by atoms with Gasteiger partial charge in [0.05, 0.1) is 24.4 Å². The van der Waals surface area contributed by atoms with Crippen LogP contribution in [0, 0.1) is 6.92 Å². The monoisotopic (exact) mass is 284 g/mol. The Labute approximate surface area is 121 Å². The van der Waals surface area contributed by atoms with Crippen LogP contribution in [0.5, 0.6) is 0 Å². The second-order valence-electron chi connectivity index (χ2n) is 5.36. The van der Waals surface area contributed by atoms with Crippen LogP contribution >= 0.6 is 0 Å². The normalized spacial score (nSPS) is 18.6. The van der Waals surface area contributed by atoms with Crippen LogP contribution in [0.1, 0.15) is 35.4 Å². The SMILES string of the molecule is Cc1nc2ccccn2c1Cc1nc(C2CCOC2)no1. The van der Waals surface area contributed by atoms with Crippen LogP contribution in [0.15, 0.2) is 28.9 Å². The van der Waals surface area contributed by atoms with Gasteiger partial charge in [-0.25, -0.2) is 4.98 Å². The molecule has 3 aromatic rings. The van der Waals surface area contributed by atoms with Crippen molar-refractivity contribution in [2.45, 2.75) is 25.7 Å². The predicted molar refractivity (Wildman–Crippen MR) is 75.2 cm³/mol. The molecule has 0 radical (unpaired) electrons. The van der Waals surface area contributed by atoms with E-state index in [1.54, 1.807) is 0 Å². The van der Waals surface area contributed by atoms with Crippen LogP contribution < -0.4 is 0 Å².